The molecule has 2 rings (SSSR count). The van der Waals surface area contributed by atoms with Crippen molar-refractivity contribution in [2.75, 3.05) is 6.61 Å². The van der Waals surface area contributed by atoms with E-state index in [9.17, 15) is 9.18 Å². The second-order valence-corrected chi connectivity index (χ2v) is 5.90. The molecule has 122 valence electrons. The summed E-state index contributed by atoms with van der Waals surface area (Å²) >= 11 is 5.67. The van der Waals surface area contributed by atoms with Gasteiger partial charge in [0, 0.05) is 6.07 Å². The van der Waals surface area contributed by atoms with Crippen molar-refractivity contribution in [1.29, 1.82) is 0 Å². The van der Waals surface area contributed by atoms with Crippen LogP contribution in [0.3, 0.4) is 0 Å². The van der Waals surface area contributed by atoms with Gasteiger partial charge in [0.2, 0.25) is 0 Å². The van der Waals surface area contributed by atoms with Crippen LogP contribution in [0.4, 0.5) is 4.39 Å². The first-order valence-corrected chi connectivity index (χ1v) is 7.69. The van der Waals surface area contributed by atoms with Crippen LogP contribution >= 0.6 is 11.6 Å². The highest BCUT2D eigenvalue weighted by atomic mass is 35.5. The maximum Gasteiger partial charge on any atom is 0.258 e. The fourth-order valence-electron chi connectivity index (χ4n) is 2.12. The smallest absolute Gasteiger partial charge is 0.258 e. The summed E-state index contributed by atoms with van der Waals surface area (Å²) in [5, 5.41) is 2.83. The molecule has 0 fully saturated rings. The Bertz CT molecular complexity index is 718. The summed E-state index contributed by atoms with van der Waals surface area (Å²) in [6, 6.07) is 9.94. The summed E-state index contributed by atoms with van der Waals surface area (Å²) < 4.78 is 18.4. The van der Waals surface area contributed by atoms with Crippen molar-refractivity contribution in [2.24, 2.45) is 0 Å². The predicted octanol–water partition coefficient (Wildman–Crippen LogP) is 4.35. The molecule has 0 radical (unpaired) electrons. The van der Waals surface area contributed by atoms with E-state index in [1.54, 1.807) is 0 Å². The molecule has 0 aromatic heterocycles. The molecule has 1 amide bonds. The zero-order valence-corrected chi connectivity index (χ0v) is 14.1. The first kappa shape index (κ1) is 17.3. The Morgan fingerprint density at radius 1 is 1.22 bits per heavy atom. The van der Waals surface area contributed by atoms with E-state index in [2.05, 4.69) is 11.4 Å². The SMILES string of the molecule is Cc1ccc([C@H](C)NC(=O)COc2ccc(F)c(Cl)c2)cc1C. The molecular weight excluding hydrogens is 317 g/mol. The molecule has 0 saturated carbocycles. The van der Waals surface area contributed by atoms with Gasteiger partial charge in [0.05, 0.1) is 11.1 Å². The maximum atomic E-state index is 13.1. The summed E-state index contributed by atoms with van der Waals surface area (Å²) in [6.45, 7) is 5.84. The van der Waals surface area contributed by atoms with E-state index in [0.29, 0.717) is 5.75 Å². The van der Waals surface area contributed by atoms with Gasteiger partial charge in [-0.1, -0.05) is 29.8 Å². The highest BCUT2D eigenvalue weighted by Crippen LogP contribution is 2.21. The van der Waals surface area contributed by atoms with Crippen LogP contribution in [0.2, 0.25) is 5.02 Å². The lowest BCUT2D eigenvalue weighted by Gasteiger charge is -2.16. The van der Waals surface area contributed by atoms with Gasteiger partial charge in [0.15, 0.2) is 6.61 Å². The molecule has 1 atom stereocenters. The van der Waals surface area contributed by atoms with E-state index in [-0.39, 0.29) is 23.6 Å². The Labute approximate surface area is 140 Å². The summed E-state index contributed by atoms with van der Waals surface area (Å²) in [5.41, 5.74) is 3.43. The average molecular weight is 336 g/mol. The molecule has 2 aromatic carbocycles. The molecule has 0 aliphatic carbocycles. The van der Waals surface area contributed by atoms with E-state index >= 15 is 0 Å². The van der Waals surface area contributed by atoms with Gasteiger partial charge in [-0.2, -0.15) is 0 Å². The van der Waals surface area contributed by atoms with E-state index in [0.717, 1.165) is 5.56 Å². The Kier molecular flexibility index (Phi) is 5.61. The summed E-state index contributed by atoms with van der Waals surface area (Å²) in [5.74, 6) is -0.423. The second kappa shape index (κ2) is 7.47. The molecule has 3 nitrogen and oxygen atoms in total. The van der Waals surface area contributed by atoms with E-state index in [1.165, 1.54) is 29.3 Å². The van der Waals surface area contributed by atoms with E-state index < -0.39 is 5.82 Å². The molecule has 0 aliphatic heterocycles. The maximum absolute atomic E-state index is 13.1. The zero-order valence-electron chi connectivity index (χ0n) is 13.3. The Hall–Kier alpha value is -2.07. The number of aryl methyl sites for hydroxylation is 2. The topological polar surface area (TPSA) is 38.3 Å². The molecule has 23 heavy (non-hydrogen) atoms. The molecule has 2 aromatic rings. The Morgan fingerprint density at radius 2 is 1.96 bits per heavy atom. The van der Waals surface area contributed by atoms with Crippen molar-refractivity contribution in [3.05, 3.63) is 63.9 Å². The summed E-state index contributed by atoms with van der Waals surface area (Å²) in [6.07, 6.45) is 0. The molecule has 0 saturated heterocycles. The van der Waals surface area contributed by atoms with Gasteiger partial charge in [-0.05, 0) is 49.6 Å². The third-order valence-electron chi connectivity index (χ3n) is 3.67. The fourth-order valence-corrected chi connectivity index (χ4v) is 2.29. The van der Waals surface area contributed by atoms with Crippen LogP contribution in [0.15, 0.2) is 36.4 Å². The molecule has 1 N–H and O–H groups in total. The normalized spacial score (nSPS) is 11.9. The molecule has 0 unspecified atom stereocenters. The van der Waals surface area contributed by atoms with Crippen LogP contribution in [0.25, 0.3) is 0 Å². The van der Waals surface area contributed by atoms with Gasteiger partial charge in [-0.3, -0.25) is 4.79 Å². The molecule has 0 aliphatic rings. The van der Waals surface area contributed by atoms with Crippen LogP contribution in [0.1, 0.15) is 29.7 Å². The molecule has 5 heteroatoms. The van der Waals surface area contributed by atoms with Crippen molar-refractivity contribution >= 4 is 17.5 Å². The average Bonchev–Trinajstić information content (AvgIpc) is 2.51. The van der Waals surface area contributed by atoms with Crippen LogP contribution < -0.4 is 10.1 Å². The standard InChI is InChI=1S/C18H19ClFNO2/c1-11-4-5-14(8-12(11)2)13(3)21-18(22)10-23-15-6-7-17(20)16(19)9-15/h4-9,13H,10H2,1-3H3,(H,21,22)/t13-/m0/s1. The van der Waals surface area contributed by atoms with Gasteiger partial charge in [0.25, 0.3) is 5.91 Å². The van der Waals surface area contributed by atoms with Crippen molar-refractivity contribution < 1.29 is 13.9 Å². The number of benzene rings is 2. The first-order valence-electron chi connectivity index (χ1n) is 7.31. The van der Waals surface area contributed by atoms with Gasteiger partial charge < -0.3 is 10.1 Å². The predicted molar refractivity (Wildman–Crippen MR) is 89.4 cm³/mol. The van der Waals surface area contributed by atoms with Crippen LogP contribution in [-0.2, 0) is 4.79 Å². The third kappa shape index (κ3) is 4.70. The lowest BCUT2D eigenvalue weighted by atomic mass is 10.0. The number of rotatable bonds is 5. The number of carbonyl (C=O) groups is 1. The van der Waals surface area contributed by atoms with Crippen LogP contribution in [0, 0.1) is 19.7 Å². The van der Waals surface area contributed by atoms with Gasteiger partial charge in [-0.15, -0.1) is 0 Å². The fraction of sp³-hybridized carbons (Fsp3) is 0.278. The van der Waals surface area contributed by atoms with E-state index in [1.807, 2.05) is 32.9 Å². The lowest BCUT2D eigenvalue weighted by molar-refractivity contribution is -0.123. The van der Waals surface area contributed by atoms with E-state index in [4.69, 9.17) is 16.3 Å². The molecule has 0 spiro atoms. The van der Waals surface area contributed by atoms with Gasteiger partial charge >= 0.3 is 0 Å². The minimum atomic E-state index is -0.521. The molecule has 0 bridgehead atoms. The van der Waals surface area contributed by atoms with Crippen LogP contribution in [-0.4, -0.2) is 12.5 Å². The first-order chi connectivity index (χ1) is 10.9. The van der Waals surface area contributed by atoms with Crippen molar-refractivity contribution in [2.45, 2.75) is 26.8 Å². The minimum Gasteiger partial charge on any atom is -0.484 e. The number of nitrogens with one attached hydrogen (secondary N) is 1. The molecule has 0 heterocycles. The van der Waals surface area contributed by atoms with Crippen molar-refractivity contribution in [3.8, 4) is 5.75 Å². The van der Waals surface area contributed by atoms with Gasteiger partial charge in [0.1, 0.15) is 11.6 Å². The highest BCUT2D eigenvalue weighted by molar-refractivity contribution is 6.30. The lowest BCUT2D eigenvalue weighted by Crippen LogP contribution is -2.31. The number of hydrogen-bond acceptors (Lipinski definition) is 2. The zero-order chi connectivity index (χ0) is 17.0. The highest BCUT2D eigenvalue weighted by Gasteiger charge is 2.11. The summed E-state index contributed by atoms with van der Waals surface area (Å²) in [4.78, 5) is 12.0. The minimum absolute atomic E-state index is 0.0357. The number of carbonyl (C=O) groups excluding carboxylic acids is 1. The molecular formula is C18H19ClFNO2. The number of hydrogen-bond donors (Lipinski definition) is 1. The van der Waals surface area contributed by atoms with Crippen molar-refractivity contribution in [1.82, 2.24) is 5.32 Å². The van der Waals surface area contributed by atoms with Crippen molar-refractivity contribution in [3.63, 3.8) is 0 Å². The monoisotopic (exact) mass is 335 g/mol. The van der Waals surface area contributed by atoms with Gasteiger partial charge in [-0.25, -0.2) is 4.39 Å². The van der Waals surface area contributed by atoms with Crippen LogP contribution in [0.5, 0.6) is 5.75 Å². The quantitative estimate of drug-likeness (QED) is 0.882. The number of halogens is 2. The number of ether oxygens (including phenoxy) is 1. The Morgan fingerprint density at radius 3 is 2.61 bits per heavy atom. The third-order valence-corrected chi connectivity index (χ3v) is 3.96. The second-order valence-electron chi connectivity index (χ2n) is 5.50. The summed E-state index contributed by atoms with van der Waals surface area (Å²) in [7, 11) is 0. The Balaban J connectivity index is 1.90. The largest absolute Gasteiger partial charge is 0.484 e. The number of amides is 1.